The van der Waals surface area contributed by atoms with Crippen molar-refractivity contribution in [3.63, 3.8) is 0 Å². The second-order valence-corrected chi connectivity index (χ2v) is 4.57. The van der Waals surface area contributed by atoms with Gasteiger partial charge in [-0.3, -0.25) is 0 Å². The molecule has 3 rings (SSSR count). The summed E-state index contributed by atoms with van der Waals surface area (Å²) in [6.45, 7) is 0. The average molecular weight is 278 g/mol. The van der Waals surface area contributed by atoms with Crippen molar-refractivity contribution >= 4 is 17.6 Å². The zero-order valence-electron chi connectivity index (χ0n) is 11.2. The Kier molecular flexibility index (Phi) is 3.12. The first-order valence-electron chi connectivity index (χ1n) is 6.35. The molecule has 0 aliphatic heterocycles. The quantitative estimate of drug-likeness (QED) is 0.617. The Morgan fingerprint density at radius 3 is 1.48 bits per heavy atom. The van der Waals surface area contributed by atoms with Crippen molar-refractivity contribution in [2.24, 2.45) is 0 Å². The van der Waals surface area contributed by atoms with Gasteiger partial charge in [0.2, 0.25) is 11.9 Å². The first kappa shape index (κ1) is 12.9. The molecule has 0 saturated carbocycles. The summed E-state index contributed by atoms with van der Waals surface area (Å²) in [5.41, 5.74) is 20.6. The van der Waals surface area contributed by atoms with Crippen LogP contribution in [0.15, 0.2) is 48.5 Å². The highest BCUT2D eigenvalue weighted by Crippen LogP contribution is 2.24. The number of nitrogen functional groups attached to an aromatic ring is 3. The van der Waals surface area contributed by atoms with Gasteiger partial charge in [-0.25, -0.2) is 0 Å². The van der Waals surface area contributed by atoms with Crippen LogP contribution in [0.5, 0.6) is 0 Å². The van der Waals surface area contributed by atoms with Crippen LogP contribution in [-0.2, 0) is 0 Å². The third kappa shape index (κ3) is 2.74. The maximum absolute atomic E-state index is 5.69. The molecule has 0 bridgehead atoms. The van der Waals surface area contributed by atoms with Gasteiger partial charge in [-0.15, -0.1) is 0 Å². The fraction of sp³-hybridized carbons (Fsp3) is 0. The molecule has 1 aromatic heterocycles. The Bertz CT molecular complexity index is 745. The molecule has 0 amide bonds. The van der Waals surface area contributed by atoms with E-state index in [0.717, 1.165) is 22.4 Å². The average Bonchev–Trinajstić information content (AvgIpc) is 2.47. The lowest BCUT2D eigenvalue weighted by molar-refractivity contribution is 1.09. The van der Waals surface area contributed by atoms with Crippen LogP contribution in [0.4, 0.5) is 17.6 Å². The highest BCUT2D eigenvalue weighted by atomic mass is 15.1. The summed E-state index contributed by atoms with van der Waals surface area (Å²) < 4.78 is 0. The van der Waals surface area contributed by atoms with Crippen LogP contribution in [0, 0.1) is 0 Å². The molecule has 21 heavy (non-hydrogen) atoms. The van der Waals surface area contributed by atoms with Crippen molar-refractivity contribution in [1.29, 1.82) is 0 Å². The summed E-state index contributed by atoms with van der Waals surface area (Å²) in [7, 11) is 0. The summed E-state index contributed by atoms with van der Waals surface area (Å²) in [5.74, 6) is 0.684. The Hall–Kier alpha value is -3.15. The fourth-order valence-corrected chi connectivity index (χ4v) is 2.03. The van der Waals surface area contributed by atoms with E-state index in [0.29, 0.717) is 5.82 Å². The monoisotopic (exact) mass is 278 g/mol. The van der Waals surface area contributed by atoms with Crippen LogP contribution in [0.3, 0.4) is 0 Å². The van der Waals surface area contributed by atoms with E-state index >= 15 is 0 Å². The molecule has 0 radical (unpaired) electrons. The smallest absolute Gasteiger partial charge is 0.225 e. The van der Waals surface area contributed by atoms with Crippen LogP contribution in [0.1, 0.15) is 0 Å². The van der Waals surface area contributed by atoms with Gasteiger partial charge in [-0.1, -0.05) is 36.4 Å². The number of aromatic nitrogens is 3. The van der Waals surface area contributed by atoms with Crippen molar-refractivity contribution < 1.29 is 0 Å². The molecule has 0 saturated heterocycles. The molecule has 0 fully saturated rings. The second-order valence-electron chi connectivity index (χ2n) is 4.57. The van der Waals surface area contributed by atoms with Gasteiger partial charge >= 0.3 is 0 Å². The zero-order chi connectivity index (χ0) is 14.8. The number of hydrogen-bond acceptors (Lipinski definition) is 6. The molecule has 0 unspecified atom stereocenters. The molecule has 6 N–H and O–H groups in total. The largest absolute Gasteiger partial charge is 0.399 e. The van der Waals surface area contributed by atoms with E-state index in [4.69, 9.17) is 17.2 Å². The maximum Gasteiger partial charge on any atom is 0.225 e. The molecular weight excluding hydrogens is 264 g/mol. The van der Waals surface area contributed by atoms with Crippen LogP contribution in [0.2, 0.25) is 0 Å². The van der Waals surface area contributed by atoms with E-state index in [9.17, 15) is 0 Å². The first-order chi connectivity index (χ1) is 10.1. The van der Waals surface area contributed by atoms with E-state index in [1.165, 1.54) is 0 Å². The molecule has 0 atom stereocenters. The lowest BCUT2D eigenvalue weighted by atomic mass is 10.0. The van der Waals surface area contributed by atoms with E-state index in [1.54, 1.807) is 0 Å². The van der Waals surface area contributed by atoms with Crippen molar-refractivity contribution in [3.8, 4) is 22.5 Å². The highest BCUT2D eigenvalue weighted by molar-refractivity contribution is 5.69. The predicted molar refractivity (Wildman–Crippen MR) is 83.9 cm³/mol. The van der Waals surface area contributed by atoms with E-state index in [-0.39, 0.29) is 11.9 Å². The lowest BCUT2D eigenvalue weighted by Gasteiger charge is -2.05. The topological polar surface area (TPSA) is 117 Å². The molecule has 3 aromatic rings. The van der Waals surface area contributed by atoms with Gasteiger partial charge in [0, 0.05) is 11.3 Å². The van der Waals surface area contributed by atoms with Crippen molar-refractivity contribution in [2.75, 3.05) is 17.2 Å². The third-order valence-electron chi connectivity index (χ3n) is 3.06. The second kappa shape index (κ2) is 5.09. The van der Waals surface area contributed by atoms with Gasteiger partial charge in [-0.05, 0) is 23.3 Å². The van der Waals surface area contributed by atoms with Crippen LogP contribution in [-0.4, -0.2) is 15.0 Å². The number of nitrogens with two attached hydrogens (primary N) is 3. The molecule has 0 spiro atoms. The van der Waals surface area contributed by atoms with Gasteiger partial charge in [0.25, 0.3) is 0 Å². The van der Waals surface area contributed by atoms with E-state index in [1.807, 2.05) is 48.5 Å². The van der Waals surface area contributed by atoms with Gasteiger partial charge < -0.3 is 17.2 Å². The summed E-state index contributed by atoms with van der Waals surface area (Å²) >= 11 is 0. The summed E-state index contributed by atoms with van der Waals surface area (Å²) in [5, 5.41) is 0. The zero-order valence-corrected chi connectivity index (χ0v) is 11.2. The Morgan fingerprint density at radius 2 is 0.952 bits per heavy atom. The normalized spacial score (nSPS) is 10.5. The number of anilines is 3. The number of hydrogen-bond donors (Lipinski definition) is 3. The minimum atomic E-state index is 0.111. The van der Waals surface area contributed by atoms with Crippen LogP contribution in [0.25, 0.3) is 22.5 Å². The number of rotatable bonds is 2. The molecule has 6 heteroatoms. The molecule has 6 nitrogen and oxygen atoms in total. The Morgan fingerprint density at radius 1 is 0.524 bits per heavy atom. The van der Waals surface area contributed by atoms with Crippen molar-refractivity contribution in [3.05, 3.63) is 48.5 Å². The van der Waals surface area contributed by atoms with Crippen molar-refractivity contribution in [2.45, 2.75) is 0 Å². The van der Waals surface area contributed by atoms with Crippen molar-refractivity contribution in [1.82, 2.24) is 15.0 Å². The van der Waals surface area contributed by atoms with E-state index < -0.39 is 0 Å². The predicted octanol–water partition coefficient (Wildman–Crippen LogP) is 1.95. The SMILES string of the molecule is Nc1ccc(-c2ccc(-c3nc(N)nc(N)n3)cc2)cc1. The molecular formula is C15H14N6. The van der Waals surface area contributed by atoms with Crippen LogP contribution < -0.4 is 17.2 Å². The van der Waals surface area contributed by atoms with Gasteiger partial charge in [0.05, 0.1) is 0 Å². The summed E-state index contributed by atoms with van der Waals surface area (Å²) in [4.78, 5) is 11.9. The van der Waals surface area contributed by atoms with Gasteiger partial charge in [0.1, 0.15) is 0 Å². The Balaban J connectivity index is 1.95. The maximum atomic E-state index is 5.69. The van der Waals surface area contributed by atoms with Gasteiger partial charge in [0.15, 0.2) is 5.82 Å². The first-order valence-corrected chi connectivity index (χ1v) is 6.35. The number of benzene rings is 2. The molecule has 0 aliphatic carbocycles. The summed E-state index contributed by atoms with van der Waals surface area (Å²) in [6, 6.07) is 15.5. The fourth-order valence-electron chi connectivity index (χ4n) is 2.03. The minimum Gasteiger partial charge on any atom is -0.399 e. The third-order valence-corrected chi connectivity index (χ3v) is 3.06. The standard InChI is InChI=1S/C15H14N6/c16-12-7-5-10(6-8-12)9-1-3-11(4-2-9)13-19-14(17)21-15(18)20-13/h1-8H,16H2,(H4,17,18,19,20,21). The molecule has 0 aliphatic rings. The number of nitrogens with zero attached hydrogens (tertiary/aromatic N) is 3. The lowest BCUT2D eigenvalue weighted by Crippen LogP contribution is -2.04. The summed E-state index contributed by atoms with van der Waals surface area (Å²) in [6.07, 6.45) is 0. The molecule has 1 heterocycles. The van der Waals surface area contributed by atoms with Crippen LogP contribution >= 0.6 is 0 Å². The highest BCUT2D eigenvalue weighted by Gasteiger charge is 2.05. The van der Waals surface area contributed by atoms with E-state index in [2.05, 4.69) is 15.0 Å². The molecule has 104 valence electrons. The molecule has 2 aromatic carbocycles. The Labute approximate surface area is 121 Å². The van der Waals surface area contributed by atoms with Gasteiger partial charge in [-0.2, -0.15) is 15.0 Å². The minimum absolute atomic E-state index is 0.111.